The number of ether oxygens (including phenoxy) is 2. The third-order valence-electron chi connectivity index (χ3n) is 4.06. The standard InChI is InChI=1S/C16H25NO2/c1-4-9-18-12-7-8-15-13(10-12)14(17)11-16(5-2,6-3)19-15/h7-8,10,14H,4-6,9,11,17H2,1-3H3. The van der Waals surface area contributed by atoms with E-state index in [9.17, 15) is 0 Å². The van der Waals surface area contributed by atoms with Gasteiger partial charge in [-0.1, -0.05) is 20.8 Å². The average molecular weight is 263 g/mol. The second kappa shape index (κ2) is 5.83. The van der Waals surface area contributed by atoms with Crippen molar-refractivity contribution in [2.24, 2.45) is 5.73 Å². The van der Waals surface area contributed by atoms with Crippen molar-refractivity contribution >= 4 is 0 Å². The van der Waals surface area contributed by atoms with E-state index in [1.165, 1.54) is 0 Å². The van der Waals surface area contributed by atoms with Crippen LogP contribution in [0, 0.1) is 0 Å². The molecule has 0 aromatic heterocycles. The Bertz CT molecular complexity index is 427. The SMILES string of the molecule is CCCOc1ccc2c(c1)C(N)CC(CC)(CC)O2. The minimum Gasteiger partial charge on any atom is -0.494 e. The van der Waals surface area contributed by atoms with Crippen LogP contribution >= 0.6 is 0 Å². The first-order chi connectivity index (χ1) is 9.14. The Balaban J connectivity index is 2.25. The highest BCUT2D eigenvalue weighted by Gasteiger charge is 2.37. The fourth-order valence-electron chi connectivity index (χ4n) is 2.69. The third-order valence-corrected chi connectivity index (χ3v) is 4.06. The molecular weight excluding hydrogens is 238 g/mol. The molecule has 3 nitrogen and oxygen atoms in total. The minimum absolute atomic E-state index is 0.0360. The van der Waals surface area contributed by atoms with E-state index in [1.807, 2.05) is 18.2 Å². The molecule has 1 aromatic carbocycles. The molecule has 106 valence electrons. The normalized spacial score (nSPS) is 20.5. The molecule has 1 aliphatic heterocycles. The molecule has 1 atom stereocenters. The van der Waals surface area contributed by atoms with Gasteiger partial charge in [0.15, 0.2) is 0 Å². The minimum atomic E-state index is -0.0990. The van der Waals surface area contributed by atoms with Crippen LogP contribution in [0.15, 0.2) is 18.2 Å². The fraction of sp³-hybridized carbons (Fsp3) is 0.625. The first-order valence-electron chi connectivity index (χ1n) is 7.35. The molecule has 0 aliphatic carbocycles. The lowest BCUT2D eigenvalue weighted by Crippen LogP contribution is -2.41. The van der Waals surface area contributed by atoms with E-state index < -0.39 is 0 Å². The molecule has 2 N–H and O–H groups in total. The van der Waals surface area contributed by atoms with Crippen LogP contribution in [0.1, 0.15) is 58.1 Å². The molecule has 0 radical (unpaired) electrons. The molecule has 1 aromatic rings. The van der Waals surface area contributed by atoms with Gasteiger partial charge >= 0.3 is 0 Å². The van der Waals surface area contributed by atoms with Crippen molar-refractivity contribution in [3.63, 3.8) is 0 Å². The Morgan fingerprint density at radius 2 is 2.05 bits per heavy atom. The van der Waals surface area contributed by atoms with Gasteiger partial charge < -0.3 is 15.2 Å². The van der Waals surface area contributed by atoms with Gasteiger partial charge in [-0.3, -0.25) is 0 Å². The molecule has 3 heteroatoms. The van der Waals surface area contributed by atoms with Crippen LogP contribution in [-0.4, -0.2) is 12.2 Å². The van der Waals surface area contributed by atoms with Crippen molar-refractivity contribution in [2.75, 3.05) is 6.61 Å². The summed E-state index contributed by atoms with van der Waals surface area (Å²) in [5, 5.41) is 0. The maximum atomic E-state index is 6.34. The second-order valence-electron chi connectivity index (χ2n) is 5.35. The van der Waals surface area contributed by atoms with Crippen molar-refractivity contribution < 1.29 is 9.47 Å². The summed E-state index contributed by atoms with van der Waals surface area (Å²) in [6.45, 7) is 7.17. The number of hydrogen-bond donors (Lipinski definition) is 1. The van der Waals surface area contributed by atoms with Crippen molar-refractivity contribution in [3.8, 4) is 11.5 Å². The van der Waals surface area contributed by atoms with Crippen LogP contribution in [0.25, 0.3) is 0 Å². The van der Waals surface area contributed by atoms with Gasteiger partial charge in [-0.15, -0.1) is 0 Å². The fourth-order valence-corrected chi connectivity index (χ4v) is 2.69. The summed E-state index contributed by atoms with van der Waals surface area (Å²) < 4.78 is 11.9. The first kappa shape index (κ1) is 14.2. The Hall–Kier alpha value is -1.22. The molecule has 1 heterocycles. The highest BCUT2D eigenvalue weighted by molar-refractivity contribution is 5.44. The van der Waals surface area contributed by atoms with Gasteiger partial charge in [-0.2, -0.15) is 0 Å². The molecule has 0 saturated carbocycles. The van der Waals surface area contributed by atoms with E-state index in [2.05, 4.69) is 20.8 Å². The van der Waals surface area contributed by atoms with E-state index in [1.54, 1.807) is 0 Å². The zero-order valence-corrected chi connectivity index (χ0v) is 12.2. The third kappa shape index (κ3) is 2.86. The molecule has 1 aliphatic rings. The van der Waals surface area contributed by atoms with E-state index in [0.29, 0.717) is 0 Å². The highest BCUT2D eigenvalue weighted by Crippen LogP contribution is 2.42. The van der Waals surface area contributed by atoms with Crippen molar-refractivity contribution in [1.82, 2.24) is 0 Å². The van der Waals surface area contributed by atoms with Gasteiger partial charge in [0.05, 0.1) is 6.61 Å². The summed E-state index contributed by atoms with van der Waals surface area (Å²) in [5.41, 5.74) is 7.31. The summed E-state index contributed by atoms with van der Waals surface area (Å²) in [6, 6.07) is 6.04. The molecule has 0 bridgehead atoms. The molecule has 1 unspecified atom stereocenters. The maximum Gasteiger partial charge on any atom is 0.125 e. The quantitative estimate of drug-likeness (QED) is 0.878. The van der Waals surface area contributed by atoms with Crippen molar-refractivity contribution in [1.29, 1.82) is 0 Å². The van der Waals surface area contributed by atoms with Crippen LogP contribution in [0.5, 0.6) is 11.5 Å². The van der Waals surface area contributed by atoms with Gasteiger partial charge in [0, 0.05) is 18.0 Å². The zero-order chi connectivity index (χ0) is 13.9. The maximum absolute atomic E-state index is 6.34. The Kier molecular flexibility index (Phi) is 4.35. The number of rotatable bonds is 5. The van der Waals surface area contributed by atoms with Crippen LogP contribution in [0.2, 0.25) is 0 Å². The summed E-state index contributed by atoms with van der Waals surface area (Å²) in [6.07, 6.45) is 3.87. The highest BCUT2D eigenvalue weighted by atomic mass is 16.5. The number of fused-ring (bicyclic) bond motifs is 1. The first-order valence-corrected chi connectivity index (χ1v) is 7.35. The van der Waals surface area contributed by atoms with E-state index in [4.69, 9.17) is 15.2 Å². The molecule has 2 rings (SSSR count). The summed E-state index contributed by atoms with van der Waals surface area (Å²) >= 11 is 0. The predicted octanol–water partition coefficient (Wildman–Crippen LogP) is 3.82. The molecular formula is C16H25NO2. The van der Waals surface area contributed by atoms with Gasteiger partial charge in [0.1, 0.15) is 17.1 Å². The molecule has 0 spiro atoms. The number of benzene rings is 1. The van der Waals surface area contributed by atoms with Crippen LogP contribution in [0.3, 0.4) is 0 Å². The molecule has 0 fully saturated rings. The second-order valence-corrected chi connectivity index (χ2v) is 5.35. The zero-order valence-electron chi connectivity index (χ0n) is 12.2. The van der Waals surface area contributed by atoms with Crippen molar-refractivity contribution in [3.05, 3.63) is 23.8 Å². The van der Waals surface area contributed by atoms with E-state index in [0.717, 1.165) is 49.4 Å². The van der Waals surface area contributed by atoms with Gasteiger partial charge in [0.25, 0.3) is 0 Å². The van der Waals surface area contributed by atoms with Gasteiger partial charge in [-0.25, -0.2) is 0 Å². The lowest BCUT2D eigenvalue weighted by molar-refractivity contribution is 0.0281. The summed E-state index contributed by atoms with van der Waals surface area (Å²) in [5.74, 6) is 1.81. The number of hydrogen-bond acceptors (Lipinski definition) is 3. The molecule has 0 amide bonds. The van der Waals surface area contributed by atoms with E-state index in [-0.39, 0.29) is 11.6 Å². The topological polar surface area (TPSA) is 44.5 Å². The smallest absolute Gasteiger partial charge is 0.125 e. The summed E-state index contributed by atoms with van der Waals surface area (Å²) in [4.78, 5) is 0. The van der Waals surface area contributed by atoms with E-state index >= 15 is 0 Å². The lowest BCUT2D eigenvalue weighted by Gasteiger charge is -2.40. The van der Waals surface area contributed by atoms with Crippen molar-refractivity contribution in [2.45, 2.75) is 58.1 Å². The van der Waals surface area contributed by atoms with Gasteiger partial charge in [-0.05, 0) is 37.5 Å². The average Bonchev–Trinajstić information content (AvgIpc) is 2.45. The molecule has 0 saturated heterocycles. The monoisotopic (exact) mass is 263 g/mol. The number of nitrogens with two attached hydrogens (primary N) is 1. The Morgan fingerprint density at radius 1 is 1.32 bits per heavy atom. The lowest BCUT2D eigenvalue weighted by atomic mass is 9.84. The predicted molar refractivity (Wildman–Crippen MR) is 77.7 cm³/mol. The van der Waals surface area contributed by atoms with Gasteiger partial charge in [0.2, 0.25) is 0 Å². The Labute approximate surface area is 116 Å². The largest absolute Gasteiger partial charge is 0.494 e. The Morgan fingerprint density at radius 3 is 2.68 bits per heavy atom. The van der Waals surface area contributed by atoms with Crippen LogP contribution in [-0.2, 0) is 0 Å². The van der Waals surface area contributed by atoms with Crippen LogP contribution < -0.4 is 15.2 Å². The molecule has 19 heavy (non-hydrogen) atoms. The summed E-state index contributed by atoms with van der Waals surface area (Å²) in [7, 11) is 0. The van der Waals surface area contributed by atoms with Crippen LogP contribution in [0.4, 0.5) is 0 Å².